The van der Waals surface area contributed by atoms with Gasteiger partial charge >= 0.3 is 5.97 Å². The van der Waals surface area contributed by atoms with E-state index in [1.807, 2.05) is 50.2 Å². The maximum absolute atomic E-state index is 11.5. The van der Waals surface area contributed by atoms with E-state index >= 15 is 0 Å². The molecule has 0 aliphatic rings. The summed E-state index contributed by atoms with van der Waals surface area (Å²) >= 11 is 0. The number of benzene rings is 1. The van der Waals surface area contributed by atoms with Crippen molar-refractivity contribution >= 4 is 5.97 Å². The van der Waals surface area contributed by atoms with Gasteiger partial charge in [0.2, 0.25) is 0 Å². The average molecular weight is 255 g/mol. The predicted octanol–water partition coefficient (Wildman–Crippen LogP) is 3.11. The first kappa shape index (κ1) is 13.3. The number of carboxylic acid groups (broad SMARTS) is 1. The topological polar surface area (TPSA) is 50.2 Å². The molecule has 1 heterocycles. The standard InChI is InChI=1S/C16H17NO2/c1-11-7-8-17-15(9-11)14(16(18)19)10-13-6-4-3-5-12(13)2/h3-9,14H,10H2,1-2H3,(H,18,19). The Kier molecular flexibility index (Phi) is 3.95. The minimum absolute atomic E-state index is 0.471. The van der Waals surface area contributed by atoms with Gasteiger partial charge in [0, 0.05) is 6.20 Å². The summed E-state index contributed by atoms with van der Waals surface area (Å²) in [6.07, 6.45) is 2.14. The van der Waals surface area contributed by atoms with Gasteiger partial charge in [0.1, 0.15) is 5.92 Å². The Morgan fingerprint density at radius 3 is 2.63 bits per heavy atom. The lowest BCUT2D eigenvalue weighted by Crippen LogP contribution is -2.16. The summed E-state index contributed by atoms with van der Waals surface area (Å²) in [5, 5.41) is 9.43. The van der Waals surface area contributed by atoms with E-state index in [1.165, 1.54) is 0 Å². The molecule has 0 saturated heterocycles. The highest BCUT2D eigenvalue weighted by atomic mass is 16.4. The summed E-state index contributed by atoms with van der Waals surface area (Å²) < 4.78 is 0. The van der Waals surface area contributed by atoms with Crippen LogP contribution in [0.1, 0.15) is 28.3 Å². The maximum atomic E-state index is 11.5. The first-order chi connectivity index (χ1) is 9.08. The third kappa shape index (κ3) is 3.19. The Labute approximate surface area is 112 Å². The molecule has 0 saturated carbocycles. The van der Waals surface area contributed by atoms with E-state index < -0.39 is 11.9 Å². The number of rotatable bonds is 4. The molecule has 2 aromatic rings. The van der Waals surface area contributed by atoms with Crippen molar-refractivity contribution in [1.82, 2.24) is 4.98 Å². The lowest BCUT2D eigenvalue weighted by Gasteiger charge is -2.14. The van der Waals surface area contributed by atoms with Gasteiger partial charge in [-0.05, 0) is 49.1 Å². The largest absolute Gasteiger partial charge is 0.481 e. The number of carbonyl (C=O) groups is 1. The van der Waals surface area contributed by atoms with E-state index in [1.54, 1.807) is 6.20 Å². The Hall–Kier alpha value is -2.16. The fourth-order valence-electron chi connectivity index (χ4n) is 2.13. The summed E-state index contributed by atoms with van der Waals surface area (Å²) in [5.41, 5.74) is 3.82. The molecule has 98 valence electrons. The van der Waals surface area contributed by atoms with E-state index in [0.29, 0.717) is 12.1 Å². The van der Waals surface area contributed by atoms with Gasteiger partial charge in [-0.3, -0.25) is 9.78 Å². The number of nitrogens with zero attached hydrogens (tertiary/aromatic N) is 1. The van der Waals surface area contributed by atoms with Gasteiger partial charge in [-0.2, -0.15) is 0 Å². The molecule has 0 bridgehead atoms. The number of hydrogen-bond donors (Lipinski definition) is 1. The van der Waals surface area contributed by atoms with Crippen molar-refractivity contribution < 1.29 is 9.90 Å². The van der Waals surface area contributed by atoms with Crippen LogP contribution in [0.3, 0.4) is 0 Å². The minimum atomic E-state index is -0.832. The second kappa shape index (κ2) is 5.65. The first-order valence-electron chi connectivity index (χ1n) is 6.28. The smallest absolute Gasteiger partial charge is 0.312 e. The van der Waals surface area contributed by atoms with Gasteiger partial charge < -0.3 is 5.11 Å². The Morgan fingerprint density at radius 2 is 2.00 bits per heavy atom. The molecular formula is C16H17NO2. The SMILES string of the molecule is Cc1ccnc(C(Cc2ccccc2C)C(=O)O)c1. The Bertz CT molecular complexity index is 593. The monoisotopic (exact) mass is 255 g/mol. The molecule has 1 aromatic carbocycles. The molecule has 0 radical (unpaired) electrons. The molecular weight excluding hydrogens is 238 g/mol. The number of pyridine rings is 1. The molecule has 0 aliphatic carbocycles. The van der Waals surface area contributed by atoms with Crippen LogP contribution in [0.5, 0.6) is 0 Å². The molecule has 0 spiro atoms. The van der Waals surface area contributed by atoms with Gasteiger partial charge in [-0.1, -0.05) is 24.3 Å². The molecule has 0 aliphatic heterocycles. The van der Waals surface area contributed by atoms with E-state index in [2.05, 4.69) is 4.98 Å². The van der Waals surface area contributed by atoms with Crippen molar-refractivity contribution in [3.8, 4) is 0 Å². The molecule has 1 atom stereocenters. The van der Waals surface area contributed by atoms with Crippen LogP contribution in [0, 0.1) is 13.8 Å². The second-order valence-electron chi connectivity index (χ2n) is 4.78. The van der Waals surface area contributed by atoms with Crippen LogP contribution >= 0.6 is 0 Å². The third-order valence-electron chi connectivity index (χ3n) is 3.28. The predicted molar refractivity (Wildman–Crippen MR) is 74.2 cm³/mol. The van der Waals surface area contributed by atoms with Crippen molar-refractivity contribution in [2.75, 3.05) is 0 Å². The molecule has 1 unspecified atom stereocenters. The Balaban J connectivity index is 2.32. The molecule has 1 N–H and O–H groups in total. The molecule has 0 fully saturated rings. The van der Waals surface area contributed by atoms with Crippen molar-refractivity contribution in [3.05, 3.63) is 65.0 Å². The van der Waals surface area contributed by atoms with Gasteiger partial charge in [0.25, 0.3) is 0 Å². The van der Waals surface area contributed by atoms with Crippen LogP contribution in [-0.4, -0.2) is 16.1 Å². The van der Waals surface area contributed by atoms with Gasteiger partial charge in [0.05, 0.1) is 5.69 Å². The molecule has 2 rings (SSSR count). The van der Waals surface area contributed by atoms with Crippen LogP contribution in [-0.2, 0) is 11.2 Å². The van der Waals surface area contributed by atoms with Gasteiger partial charge in [0.15, 0.2) is 0 Å². The van der Waals surface area contributed by atoms with E-state index in [4.69, 9.17) is 0 Å². The van der Waals surface area contributed by atoms with E-state index in [0.717, 1.165) is 16.7 Å². The van der Waals surface area contributed by atoms with Crippen molar-refractivity contribution in [2.24, 2.45) is 0 Å². The third-order valence-corrected chi connectivity index (χ3v) is 3.28. The lowest BCUT2D eigenvalue weighted by atomic mass is 9.93. The van der Waals surface area contributed by atoms with Gasteiger partial charge in [-0.15, -0.1) is 0 Å². The summed E-state index contributed by atoms with van der Waals surface area (Å²) in [6, 6.07) is 11.6. The molecule has 1 aromatic heterocycles. The fourth-order valence-corrected chi connectivity index (χ4v) is 2.13. The highest BCUT2D eigenvalue weighted by molar-refractivity contribution is 5.76. The highest BCUT2D eigenvalue weighted by Gasteiger charge is 2.22. The minimum Gasteiger partial charge on any atom is -0.481 e. The van der Waals surface area contributed by atoms with Crippen LogP contribution < -0.4 is 0 Å². The molecule has 0 amide bonds. The number of aryl methyl sites for hydroxylation is 2. The van der Waals surface area contributed by atoms with Crippen LogP contribution in [0.15, 0.2) is 42.6 Å². The van der Waals surface area contributed by atoms with Crippen LogP contribution in [0.2, 0.25) is 0 Å². The fraction of sp³-hybridized carbons (Fsp3) is 0.250. The first-order valence-corrected chi connectivity index (χ1v) is 6.28. The van der Waals surface area contributed by atoms with E-state index in [9.17, 15) is 9.90 Å². The van der Waals surface area contributed by atoms with E-state index in [-0.39, 0.29) is 0 Å². The highest BCUT2D eigenvalue weighted by Crippen LogP contribution is 2.22. The number of hydrogen-bond acceptors (Lipinski definition) is 2. The van der Waals surface area contributed by atoms with Crippen molar-refractivity contribution in [1.29, 1.82) is 0 Å². The van der Waals surface area contributed by atoms with Crippen molar-refractivity contribution in [2.45, 2.75) is 26.2 Å². The maximum Gasteiger partial charge on any atom is 0.312 e. The molecule has 3 nitrogen and oxygen atoms in total. The second-order valence-corrected chi connectivity index (χ2v) is 4.78. The zero-order valence-corrected chi connectivity index (χ0v) is 11.1. The zero-order chi connectivity index (χ0) is 13.8. The number of carboxylic acids is 1. The summed E-state index contributed by atoms with van der Waals surface area (Å²) in [7, 11) is 0. The summed E-state index contributed by atoms with van der Waals surface area (Å²) in [5.74, 6) is -1.43. The normalized spacial score (nSPS) is 12.1. The summed E-state index contributed by atoms with van der Waals surface area (Å²) in [4.78, 5) is 15.7. The van der Waals surface area contributed by atoms with Crippen LogP contribution in [0.4, 0.5) is 0 Å². The van der Waals surface area contributed by atoms with Gasteiger partial charge in [-0.25, -0.2) is 0 Å². The average Bonchev–Trinajstić information content (AvgIpc) is 2.37. The number of aromatic nitrogens is 1. The van der Waals surface area contributed by atoms with Crippen molar-refractivity contribution in [3.63, 3.8) is 0 Å². The quantitative estimate of drug-likeness (QED) is 0.913. The van der Waals surface area contributed by atoms with Crippen LogP contribution in [0.25, 0.3) is 0 Å². The molecule has 19 heavy (non-hydrogen) atoms. The number of aliphatic carboxylic acids is 1. The molecule has 3 heteroatoms. The zero-order valence-electron chi connectivity index (χ0n) is 11.1. The summed E-state index contributed by atoms with van der Waals surface area (Å²) in [6.45, 7) is 3.94. The lowest BCUT2D eigenvalue weighted by molar-refractivity contribution is -0.138. The Morgan fingerprint density at radius 1 is 1.26 bits per heavy atom.